The van der Waals surface area contributed by atoms with Gasteiger partial charge >= 0.3 is 0 Å². The van der Waals surface area contributed by atoms with Crippen molar-refractivity contribution >= 4 is 29.0 Å². The fraction of sp³-hybridized carbons (Fsp3) is 0.438. The Balaban J connectivity index is 0.00000288. The van der Waals surface area contributed by atoms with Crippen LogP contribution in [0.15, 0.2) is 30.5 Å². The van der Waals surface area contributed by atoms with Crippen LogP contribution in [-0.4, -0.2) is 30.3 Å². The monoisotopic (exact) mass is 355 g/mol. The van der Waals surface area contributed by atoms with E-state index >= 15 is 0 Å². The first kappa shape index (κ1) is 19.8. The van der Waals surface area contributed by atoms with Crippen LogP contribution in [0.4, 0.5) is 5.69 Å². The van der Waals surface area contributed by atoms with Crippen LogP contribution in [0.3, 0.4) is 0 Å². The lowest BCUT2D eigenvalue weighted by atomic mass is 10.1. The van der Waals surface area contributed by atoms with Crippen LogP contribution in [-0.2, 0) is 4.84 Å². The van der Waals surface area contributed by atoms with Crippen molar-refractivity contribution in [3.05, 3.63) is 40.6 Å². The van der Waals surface area contributed by atoms with E-state index in [2.05, 4.69) is 15.1 Å². The molecule has 2 aromatic rings. The highest BCUT2D eigenvalue weighted by molar-refractivity contribution is 5.91. The summed E-state index contributed by atoms with van der Waals surface area (Å²) < 4.78 is 5.21. The lowest BCUT2D eigenvalue weighted by Crippen LogP contribution is -2.04. The molecule has 0 bridgehead atoms. The molecule has 0 aliphatic heterocycles. The normalized spacial score (nSPS) is 10.0. The maximum absolute atomic E-state index is 10.00. The van der Waals surface area contributed by atoms with E-state index in [4.69, 9.17) is 4.74 Å². The molecule has 0 aliphatic carbocycles. The minimum Gasteiger partial charge on any atom is -0.497 e. The molecule has 1 aromatic heterocycles. The lowest BCUT2D eigenvalue weighted by Gasteiger charge is -2.10. The average molecular weight is 356 g/mol. The van der Waals surface area contributed by atoms with Gasteiger partial charge in [-0.25, -0.2) is 0 Å². The van der Waals surface area contributed by atoms with Crippen molar-refractivity contribution in [3.63, 3.8) is 0 Å². The molecule has 0 spiro atoms. The number of benzene rings is 1. The molecule has 0 amide bonds. The van der Waals surface area contributed by atoms with E-state index in [-0.39, 0.29) is 19.0 Å². The fourth-order valence-corrected chi connectivity index (χ4v) is 2.35. The molecule has 7 nitrogen and oxygen atoms in total. The molecule has 0 saturated heterocycles. The van der Waals surface area contributed by atoms with E-state index in [0.29, 0.717) is 6.42 Å². The molecule has 1 N–H and O–H groups in total. The van der Waals surface area contributed by atoms with E-state index < -0.39 is 5.09 Å². The Bertz CT molecular complexity index is 654. The van der Waals surface area contributed by atoms with E-state index in [9.17, 15) is 10.1 Å². The molecule has 8 heteroatoms. The first-order valence-corrected chi connectivity index (χ1v) is 7.64. The van der Waals surface area contributed by atoms with Crippen LogP contribution in [0.2, 0.25) is 0 Å². The number of aromatic nitrogens is 1. The third-order valence-corrected chi connectivity index (χ3v) is 3.53. The van der Waals surface area contributed by atoms with Crippen molar-refractivity contribution in [2.45, 2.75) is 25.7 Å². The molecule has 0 aliphatic rings. The average Bonchev–Trinajstić information content (AvgIpc) is 2.56. The van der Waals surface area contributed by atoms with E-state index in [1.165, 1.54) is 0 Å². The summed E-state index contributed by atoms with van der Waals surface area (Å²) in [6.07, 6.45) is 5.41. The number of unbranched alkanes of at least 4 members (excludes halogenated alkanes) is 3. The molecule has 2 rings (SSSR count). The van der Waals surface area contributed by atoms with Gasteiger partial charge in [0.1, 0.15) is 5.75 Å². The highest BCUT2D eigenvalue weighted by Gasteiger charge is 2.03. The molecule has 1 heterocycles. The molecule has 0 unspecified atom stereocenters. The minimum absolute atomic E-state index is 0. The number of nitrogens with one attached hydrogen (secondary N) is 1. The van der Waals surface area contributed by atoms with Gasteiger partial charge < -0.3 is 14.9 Å². The van der Waals surface area contributed by atoms with E-state index in [1.54, 1.807) is 13.3 Å². The van der Waals surface area contributed by atoms with Crippen LogP contribution in [0.5, 0.6) is 5.75 Å². The summed E-state index contributed by atoms with van der Waals surface area (Å²) in [5, 5.41) is 13.7. The van der Waals surface area contributed by atoms with Crippen LogP contribution >= 0.6 is 12.4 Å². The van der Waals surface area contributed by atoms with E-state index in [0.717, 1.165) is 48.1 Å². The van der Waals surface area contributed by atoms with Crippen LogP contribution in [0.1, 0.15) is 25.7 Å². The van der Waals surface area contributed by atoms with Crippen LogP contribution in [0.25, 0.3) is 10.9 Å². The van der Waals surface area contributed by atoms with Crippen LogP contribution < -0.4 is 10.1 Å². The third kappa shape index (κ3) is 6.08. The third-order valence-electron chi connectivity index (χ3n) is 3.53. The Hall–Kier alpha value is -2.28. The molecule has 0 atom stereocenters. The predicted molar refractivity (Wildman–Crippen MR) is 95.4 cm³/mol. The number of hydrogen-bond donors (Lipinski definition) is 1. The number of fused-ring (bicyclic) bond motifs is 1. The van der Waals surface area contributed by atoms with Gasteiger partial charge in [0.15, 0.2) is 0 Å². The van der Waals surface area contributed by atoms with Gasteiger partial charge in [-0.1, -0.05) is 12.8 Å². The quantitative estimate of drug-likeness (QED) is 0.396. The molecule has 1 aromatic carbocycles. The second-order valence-corrected chi connectivity index (χ2v) is 5.14. The molecule has 24 heavy (non-hydrogen) atoms. The van der Waals surface area contributed by atoms with Gasteiger partial charge in [-0.2, -0.15) is 0 Å². The van der Waals surface area contributed by atoms with Gasteiger partial charge in [0, 0.05) is 29.9 Å². The predicted octanol–water partition coefficient (Wildman–Crippen LogP) is 3.85. The zero-order valence-electron chi connectivity index (χ0n) is 13.6. The summed E-state index contributed by atoms with van der Waals surface area (Å²) in [5.41, 5.74) is 1.95. The number of methoxy groups -OCH3 is 1. The Kier molecular flexibility index (Phi) is 8.64. The summed E-state index contributed by atoms with van der Waals surface area (Å²) in [6, 6.07) is 7.79. The summed E-state index contributed by atoms with van der Waals surface area (Å²) >= 11 is 0. The molecule has 0 fully saturated rings. The smallest absolute Gasteiger partial charge is 0.294 e. The van der Waals surface area contributed by atoms with Crippen molar-refractivity contribution < 1.29 is 14.7 Å². The highest BCUT2D eigenvalue weighted by Crippen LogP contribution is 2.25. The zero-order chi connectivity index (χ0) is 16.5. The van der Waals surface area contributed by atoms with Crippen molar-refractivity contribution in [1.29, 1.82) is 0 Å². The number of nitrogens with zero attached hydrogens (tertiary/aromatic N) is 2. The number of pyridine rings is 1. The molecular formula is C16H22ClN3O4. The summed E-state index contributed by atoms with van der Waals surface area (Å²) in [4.78, 5) is 18.6. The Morgan fingerprint density at radius 3 is 2.75 bits per heavy atom. The first-order chi connectivity index (χ1) is 11.2. The molecular weight excluding hydrogens is 334 g/mol. The number of hydrogen-bond acceptors (Lipinski definition) is 6. The van der Waals surface area contributed by atoms with Crippen molar-refractivity contribution in [2.75, 3.05) is 25.6 Å². The largest absolute Gasteiger partial charge is 0.497 e. The molecule has 0 radical (unpaired) electrons. The SMILES string of the molecule is COc1ccc2c(NCCCCCCO[N+](=O)[O-])ccnc2c1.Cl. The van der Waals surface area contributed by atoms with Crippen molar-refractivity contribution in [3.8, 4) is 5.75 Å². The Morgan fingerprint density at radius 1 is 1.21 bits per heavy atom. The second kappa shape index (κ2) is 10.5. The van der Waals surface area contributed by atoms with Gasteiger partial charge in [-0.15, -0.1) is 22.5 Å². The summed E-state index contributed by atoms with van der Waals surface area (Å²) in [5.74, 6) is 0.791. The second-order valence-electron chi connectivity index (χ2n) is 5.14. The Labute approximate surface area is 146 Å². The number of halogens is 1. The van der Waals surface area contributed by atoms with Crippen LogP contribution in [0, 0.1) is 10.1 Å². The summed E-state index contributed by atoms with van der Waals surface area (Å²) in [7, 11) is 1.64. The topological polar surface area (TPSA) is 86.5 Å². The number of ether oxygens (including phenoxy) is 1. The molecule has 132 valence electrons. The fourth-order valence-electron chi connectivity index (χ4n) is 2.35. The van der Waals surface area contributed by atoms with Crippen molar-refractivity contribution in [2.24, 2.45) is 0 Å². The zero-order valence-corrected chi connectivity index (χ0v) is 14.4. The van der Waals surface area contributed by atoms with Crippen molar-refractivity contribution in [1.82, 2.24) is 4.98 Å². The van der Waals surface area contributed by atoms with Gasteiger partial charge in [0.2, 0.25) is 0 Å². The highest BCUT2D eigenvalue weighted by atomic mass is 35.5. The minimum atomic E-state index is -0.745. The maximum atomic E-state index is 10.00. The number of anilines is 1. The first-order valence-electron chi connectivity index (χ1n) is 7.64. The van der Waals surface area contributed by atoms with Gasteiger partial charge in [0.05, 0.1) is 19.2 Å². The lowest BCUT2D eigenvalue weighted by molar-refractivity contribution is -0.757. The molecule has 0 saturated carbocycles. The Morgan fingerprint density at radius 2 is 2.00 bits per heavy atom. The van der Waals surface area contributed by atoms with E-state index in [1.807, 2.05) is 24.3 Å². The number of rotatable bonds is 10. The standard InChI is InChI=1S/C16H21N3O4.ClH/c1-22-13-6-7-14-15(8-10-18-16(14)12-13)17-9-4-2-3-5-11-23-19(20)21;/h6-8,10,12H,2-5,9,11H2,1H3,(H,17,18);1H. The van der Waals surface area contributed by atoms with Gasteiger partial charge in [-0.05, 0) is 31.0 Å². The maximum Gasteiger partial charge on any atom is 0.294 e. The van der Waals surface area contributed by atoms with Gasteiger partial charge in [0.25, 0.3) is 5.09 Å². The van der Waals surface area contributed by atoms with Gasteiger partial charge in [-0.3, -0.25) is 4.98 Å². The summed E-state index contributed by atoms with van der Waals surface area (Å²) in [6.45, 7) is 1.03.